The van der Waals surface area contributed by atoms with Crippen LogP contribution in [0.2, 0.25) is 0 Å². The van der Waals surface area contributed by atoms with Gasteiger partial charge in [-0.2, -0.15) is 30.6 Å². The molecule has 2 aromatic carbocycles. The number of halogens is 6. The maximum absolute atomic E-state index is 13.2. The Balaban J connectivity index is 1.48. The van der Waals surface area contributed by atoms with Gasteiger partial charge in [0, 0.05) is 44.6 Å². The molecule has 8 nitrogen and oxygen atoms in total. The minimum Gasteiger partial charge on any atom is -0.336 e. The normalized spacial score (nSPS) is 17.8. The molecule has 2 aliphatic heterocycles. The minimum absolute atomic E-state index is 0.0880. The monoisotopic (exact) mass is 563 g/mol. The fourth-order valence-electron chi connectivity index (χ4n) is 4.16. The molecule has 2 saturated heterocycles. The number of amides is 3. The third kappa shape index (κ3) is 5.38. The van der Waals surface area contributed by atoms with E-state index in [1.54, 1.807) is 0 Å². The highest BCUT2D eigenvalue weighted by atomic mass is 32.2. The highest BCUT2D eigenvalue weighted by molar-refractivity contribution is 7.89. The average Bonchev–Trinajstić information content (AvgIpc) is 3.20. The number of anilines is 1. The van der Waals surface area contributed by atoms with Crippen molar-refractivity contribution in [3.8, 4) is 0 Å². The third-order valence-electron chi connectivity index (χ3n) is 6.15. The Kier molecular flexibility index (Phi) is 7.03. The summed E-state index contributed by atoms with van der Waals surface area (Å²) in [4.78, 5) is 37.7. The Hall–Kier alpha value is -3.46. The van der Waals surface area contributed by atoms with E-state index in [1.165, 1.54) is 29.2 Å². The van der Waals surface area contributed by atoms with Gasteiger partial charge in [0.15, 0.2) is 0 Å². The summed E-state index contributed by atoms with van der Waals surface area (Å²) >= 11 is 0. The van der Waals surface area contributed by atoms with Crippen molar-refractivity contribution in [3.63, 3.8) is 0 Å². The molecule has 38 heavy (non-hydrogen) atoms. The van der Waals surface area contributed by atoms with Crippen molar-refractivity contribution in [1.29, 1.82) is 0 Å². The Morgan fingerprint density at radius 2 is 1.21 bits per heavy atom. The van der Waals surface area contributed by atoms with Crippen molar-refractivity contribution in [2.24, 2.45) is 0 Å². The van der Waals surface area contributed by atoms with Crippen LogP contribution < -0.4 is 4.90 Å². The van der Waals surface area contributed by atoms with Gasteiger partial charge in [-0.25, -0.2) is 8.42 Å². The van der Waals surface area contributed by atoms with E-state index in [-0.39, 0.29) is 74.6 Å². The van der Waals surface area contributed by atoms with Gasteiger partial charge in [0.05, 0.1) is 21.7 Å². The number of hydrogen-bond acceptors (Lipinski definition) is 5. The number of alkyl halides is 6. The molecule has 0 aliphatic carbocycles. The highest BCUT2D eigenvalue weighted by Crippen LogP contribution is 2.38. The zero-order valence-corrected chi connectivity index (χ0v) is 20.2. The predicted molar refractivity (Wildman–Crippen MR) is 119 cm³/mol. The van der Waals surface area contributed by atoms with Crippen LogP contribution in [0.5, 0.6) is 0 Å². The van der Waals surface area contributed by atoms with E-state index in [0.29, 0.717) is 5.69 Å². The van der Waals surface area contributed by atoms with Crippen LogP contribution >= 0.6 is 0 Å². The molecular formula is C23H19F6N3O5S. The molecular weight excluding hydrogens is 544 g/mol. The minimum atomic E-state index is -5.21. The van der Waals surface area contributed by atoms with Crippen molar-refractivity contribution >= 4 is 33.4 Å². The Morgan fingerprint density at radius 1 is 0.737 bits per heavy atom. The van der Waals surface area contributed by atoms with E-state index in [4.69, 9.17) is 0 Å². The Morgan fingerprint density at radius 3 is 1.66 bits per heavy atom. The quantitative estimate of drug-likeness (QED) is 0.419. The lowest BCUT2D eigenvalue weighted by Crippen LogP contribution is -2.50. The molecule has 0 unspecified atom stereocenters. The Bertz CT molecular complexity index is 1330. The standard InChI is InChI=1S/C23H19F6N3O5S/c24-22(25,26)15-11-16(23(27,28)29)13-18(12-15)38(36,37)31-9-7-30(8-10-31)21(35)14-1-3-17(4-2-14)32-19(33)5-6-20(32)34/h1-4,11-13H,5-10H2. The van der Waals surface area contributed by atoms with Gasteiger partial charge in [-0.15, -0.1) is 0 Å². The second-order valence-corrected chi connectivity index (χ2v) is 10.5. The van der Waals surface area contributed by atoms with Gasteiger partial charge in [0.25, 0.3) is 5.91 Å². The first kappa shape index (κ1) is 27.6. The molecule has 3 amide bonds. The van der Waals surface area contributed by atoms with Gasteiger partial charge in [-0.1, -0.05) is 0 Å². The fraction of sp³-hybridized carbons (Fsp3) is 0.348. The molecule has 2 aromatic rings. The van der Waals surface area contributed by atoms with Crippen molar-refractivity contribution in [3.05, 3.63) is 59.2 Å². The van der Waals surface area contributed by atoms with E-state index in [9.17, 15) is 49.1 Å². The van der Waals surface area contributed by atoms with Crippen LogP contribution in [0.25, 0.3) is 0 Å². The zero-order chi connectivity index (χ0) is 28.0. The largest absolute Gasteiger partial charge is 0.416 e. The van der Waals surface area contributed by atoms with Crippen LogP contribution in [0.3, 0.4) is 0 Å². The lowest BCUT2D eigenvalue weighted by atomic mass is 10.1. The van der Waals surface area contributed by atoms with E-state index < -0.39 is 44.3 Å². The Labute approximate surface area is 212 Å². The molecule has 0 atom stereocenters. The average molecular weight is 563 g/mol. The fourth-order valence-corrected chi connectivity index (χ4v) is 5.65. The molecule has 0 N–H and O–H groups in total. The number of nitrogens with zero attached hydrogens (tertiary/aromatic N) is 3. The number of piperazine rings is 1. The number of imide groups is 1. The summed E-state index contributed by atoms with van der Waals surface area (Å²) in [5.74, 6) is -1.24. The van der Waals surface area contributed by atoms with Crippen LogP contribution in [0.1, 0.15) is 34.3 Å². The summed E-state index contributed by atoms with van der Waals surface area (Å²) in [7, 11) is -4.74. The van der Waals surface area contributed by atoms with Crippen LogP contribution in [-0.2, 0) is 32.0 Å². The van der Waals surface area contributed by atoms with Gasteiger partial charge in [0.1, 0.15) is 0 Å². The van der Waals surface area contributed by atoms with Crippen molar-refractivity contribution < 1.29 is 49.1 Å². The number of hydrogen-bond donors (Lipinski definition) is 0. The van der Waals surface area contributed by atoms with Crippen LogP contribution in [0.4, 0.5) is 32.0 Å². The van der Waals surface area contributed by atoms with Gasteiger partial charge < -0.3 is 4.90 Å². The van der Waals surface area contributed by atoms with Crippen LogP contribution in [-0.4, -0.2) is 61.5 Å². The molecule has 204 valence electrons. The molecule has 2 heterocycles. The number of benzene rings is 2. The first-order valence-electron chi connectivity index (χ1n) is 11.1. The summed E-state index contributed by atoms with van der Waals surface area (Å²) < 4.78 is 106. The maximum atomic E-state index is 13.2. The second kappa shape index (κ2) is 9.69. The molecule has 0 aromatic heterocycles. The molecule has 0 radical (unpaired) electrons. The van der Waals surface area contributed by atoms with E-state index in [2.05, 4.69) is 0 Å². The molecule has 0 spiro atoms. The van der Waals surface area contributed by atoms with Gasteiger partial charge in [-0.3, -0.25) is 19.3 Å². The molecule has 0 bridgehead atoms. The third-order valence-corrected chi connectivity index (χ3v) is 8.03. The van der Waals surface area contributed by atoms with Crippen LogP contribution in [0, 0.1) is 0 Å². The van der Waals surface area contributed by atoms with Crippen molar-refractivity contribution in [2.75, 3.05) is 31.1 Å². The van der Waals surface area contributed by atoms with Crippen molar-refractivity contribution in [2.45, 2.75) is 30.1 Å². The first-order chi connectivity index (χ1) is 17.6. The van der Waals surface area contributed by atoms with Crippen molar-refractivity contribution in [1.82, 2.24) is 9.21 Å². The second-order valence-electron chi connectivity index (χ2n) is 8.61. The summed E-state index contributed by atoms with van der Waals surface area (Å²) in [5, 5.41) is 0. The van der Waals surface area contributed by atoms with E-state index in [0.717, 1.165) is 9.21 Å². The maximum Gasteiger partial charge on any atom is 0.416 e. The molecule has 15 heteroatoms. The van der Waals surface area contributed by atoms with Crippen LogP contribution in [0.15, 0.2) is 47.4 Å². The predicted octanol–water partition coefficient (Wildman–Crippen LogP) is 3.52. The smallest absolute Gasteiger partial charge is 0.336 e. The zero-order valence-electron chi connectivity index (χ0n) is 19.3. The number of carbonyl (C=O) groups excluding carboxylic acids is 3. The summed E-state index contributed by atoms with van der Waals surface area (Å²) in [6.45, 7) is -1.07. The first-order valence-corrected chi connectivity index (χ1v) is 12.6. The van der Waals surface area contributed by atoms with Gasteiger partial charge in [0.2, 0.25) is 21.8 Å². The topological polar surface area (TPSA) is 95.1 Å². The number of sulfonamides is 1. The molecule has 2 aliphatic rings. The van der Waals surface area contributed by atoms with Gasteiger partial charge >= 0.3 is 12.4 Å². The molecule has 2 fully saturated rings. The summed E-state index contributed by atoms with van der Waals surface area (Å²) in [6.07, 6.45) is -10.2. The lowest BCUT2D eigenvalue weighted by molar-refractivity contribution is -0.143. The number of rotatable bonds is 4. The number of carbonyl (C=O) groups is 3. The lowest BCUT2D eigenvalue weighted by Gasteiger charge is -2.34. The van der Waals surface area contributed by atoms with Gasteiger partial charge in [-0.05, 0) is 42.5 Å². The molecule has 0 saturated carbocycles. The highest BCUT2D eigenvalue weighted by Gasteiger charge is 2.40. The molecule has 4 rings (SSSR count). The SMILES string of the molecule is O=C(c1ccc(N2C(=O)CCC2=O)cc1)N1CCN(S(=O)(=O)c2cc(C(F)(F)F)cc(C(F)(F)F)c2)CC1. The summed E-state index contributed by atoms with van der Waals surface area (Å²) in [6, 6.07) is 5.76. The van der Waals surface area contributed by atoms with E-state index in [1.807, 2.05) is 0 Å². The van der Waals surface area contributed by atoms with E-state index >= 15 is 0 Å². The summed E-state index contributed by atoms with van der Waals surface area (Å²) in [5.41, 5.74) is -3.03.